The molecule has 0 saturated heterocycles. The van der Waals surface area contributed by atoms with Crippen molar-refractivity contribution >= 4 is 11.6 Å². The highest BCUT2D eigenvalue weighted by atomic mass is 35.5. The van der Waals surface area contributed by atoms with Crippen molar-refractivity contribution in [1.29, 1.82) is 0 Å². The first-order valence-electron chi connectivity index (χ1n) is 6.38. The predicted octanol–water partition coefficient (Wildman–Crippen LogP) is 3.72. The van der Waals surface area contributed by atoms with Crippen molar-refractivity contribution in [2.45, 2.75) is 19.1 Å². The Kier molecular flexibility index (Phi) is 4.97. The molecule has 3 heteroatoms. The Labute approximate surface area is 119 Å². The summed E-state index contributed by atoms with van der Waals surface area (Å²) in [5.74, 6) is 0. The van der Waals surface area contributed by atoms with Crippen LogP contribution in [0.4, 0.5) is 0 Å². The summed E-state index contributed by atoms with van der Waals surface area (Å²) in [4.78, 5) is 0. The lowest BCUT2D eigenvalue weighted by molar-refractivity contribution is 0.171. The van der Waals surface area contributed by atoms with Crippen LogP contribution in [0.15, 0.2) is 54.6 Å². The van der Waals surface area contributed by atoms with Crippen molar-refractivity contribution < 1.29 is 5.11 Å². The summed E-state index contributed by atoms with van der Waals surface area (Å²) in [6, 6.07) is 17.7. The molecule has 2 rings (SSSR count). The van der Waals surface area contributed by atoms with E-state index in [2.05, 4.69) is 24.4 Å². The number of hydrogen-bond donors (Lipinski definition) is 2. The van der Waals surface area contributed by atoms with Crippen LogP contribution in [0.1, 0.15) is 30.2 Å². The van der Waals surface area contributed by atoms with Gasteiger partial charge in [-0.3, -0.25) is 0 Å². The van der Waals surface area contributed by atoms with Gasteiger partial charge in [-0.1, -0.05) is 54.1 Å². The molecule has 19 heavy (non-hydrogen) atoms. The van der Waals surface area contributed by atoms with Crippen LogP contribution in [0.25, 0.3) is 0 Å². The van der Waals surface area contributed by atoms with Crippen molar-refractivity contribution in [2.75, 3.05) is 6.54 Å². The zero-order chi connectivity index (χ0) is 13.7. The Hall–Kier alpha value is -1.35. The monoisotopic (exact) mass is 275 g/mol. The summed E-state index contributed by atoms with van der Waals surface area (Å²) in [5, 5.41) is 14.1. The Bertz CT molecular complexity index is 498. The summed E-state index contributed by atoms with van der Waals surface area (Å²) in [5.41, 5.74) is 2.09. The van der Waals surface area contributed by atoms with E-state index >= 15 is 0 Å². The second kappa shape index (κ2) is 6.71. The lowest BCUT2D eigenvalue weighted by atomic mass is 10.1. The van der Waals surface area contributed by atoms with E-state index in [1.165, 1.54) is 5.56 Å². The summed E-state index contributed by atoms with van der Waals surface area (Å²) < 4.78 is 0. The van der Waals surface area contributed by atoms with E-state index in [9.17, 15) is 5.11 Å². The van der Waals surface area contributed by atoms with Gasteiger partial charge in [0.2, 0.25) is 0 Å². The van der Waals surface area contributed by atoms with Gasteiger partial charge in [-0.05, 0) is 30.2 Å². The third-order valence-electron chi connectivity index (χ3n) is 3.17. The molecule has 0 radical (unpaired) electrons. The zero-order valence-corrected chi connectivity index (χ0v) is 11.6. The molecule has 2 aromatic rings. The van der Waals surface area contributed by atoms with Gasteiger partial charge in [0.05, 0.1) is 6.10 Å². The number of aliphatic hydroxyl groups is 1. The number of halogens is 1. The Morgan fingerprint density at radius 1 is 1.00 bits per heavy atom. The minimum absolute atomic E-state index is 0.211. The minimum Gasteiger partial charge on any atom is -0.387 e. The highest BCUT2D eigenvalue weighted by Gasteiger charge is 2.10. The Morgan fingerprint density at radius 2 is 1.63 bits per heavy atom. The van der Waals surface area contributed by atoms with Gasteiger partial charge in [-0.15, -0.1) is 0 Å². The summed E-state index contributed by atoms with van der Waals surface area (Å²) >= 11 is 5.83. The van der Waals surface area contributed by atoms with Crippen LogP contribution in [-0.4, -0.2) is 11.7 Å². The molecule has 2 N–H and O–H groups in total. The number of rotatable bonds is 5. The number of benzene rings is 2. The molecular weight excluding hydrogens is 258 g/mol. The fourth-order valence-electron chi connectivity index (χ4n) is 1.95. The van der Waals surface area contributed by atoms with Crippen LogP contribution in [0.2, 0.25) is 5.02 Å². The van der Waals surface area contributed by atoms with Crippen LogP contribution in [-0.2, 0) is 0 Å². The van der Waals surface area contributed by atoms with Gasteiger partial charge in [0.25, 0.3) is 0 Å². The normalized spacial score (nSPS) is 14.1. The number of nitrogens with one attached hydrogen (secondary N) is 1. The average molecular weight is 276 g/mol. The lowest BCUT2D eigenvalue weighted by Crippen LogP contribution is -2.24. The first-order valence-corrected chi connectivity index (χ1v) is 6.76. The number of hydrogen-bond acceptors (Lipinski definition) is 2. The van der Waals surface area contributed by atoms with E-state index in [1.54, 1.807) is 12.1 Å². The summed E-state index contributed by atoms with van der Waals surface area (Å²) in [7, 11) is 0. The molecule has 0 heterocycles. The van der Waals surface area contributed by atoms with Gasteiger partial charge in [-0.25, -0.2) is 0 Å². The van der Waals surface area contributed by atoms with E-state index in [-0.39, 0.29) is 6.04 Å². The van der Waals surface area contributed by atoms with E-state index in [0.717, 1.165) is 5.56 Å². The van der Waals surface area contributed by atoms with Crippen molar-refractivity contribution in [1.82, 2.24) is 5.32 Å². The molecule has 0 spiro atoms. The van der Waals surface area contributed by atoms with Crippen molar-refractivity contribution in [2.24, 2.45) is 0 Å². The standard InChI is InChI=1S/C16H18ClNO/c1-12(13-5-3-2-4-6-13)18-11-16(19)14-7-9-15(17)10-8-14/h2-10,12,16,18-19H,11H2,1H3/t12?,16-/m0/s1. The molecule has 0 saturated carbocycles. The predicted molar refractivity (Wildman–Crippen MR) is 79.3 cm³/mol. The largest absolute Gasteiger partial charge is 0.387 e. The molecule has 2 atom stereocenters. The smallest absolute Gasteiger partial charge is 0.0914 e. The van der Waals surface area contributed by atoms with E-state index in [1.807, 2.05) is 30.3 Å². The fourth-order valence-corrected chi connectivity index (χ4v) is 2.08. The van der Waals surface area contributed by atoms with Gasteiger partial charge < -0.3 is 10.4 Å². The Balaban J connectivity index is 1.90. The summed E-state index contributed by atoms with van der Waals surface area (Å²) in [6.45, 7) is 2.60. The maximum absolute atomic E-state index is 10.1. The molecule has 0 aliphatic carbocycles. The molecule has 0 aromatic heterocycles. The van der Waals surface area contributed by atoms with Gasteiger partial charge in [0.1, 0.15) is 0 Å². The van der Waals surface area contributed by atoms with Gasteiger partial charge in [0.15, 0.2) is 0 Å². The molecule has 0 amide bonds. The van der Waals surface area contributed by atoms with Crippen LogP contribution in [0.3, 0.4) is 0 Å². The van der Waals surface area contributed by atoms with E-state index < -0.39 is 6.10 Å². The highest BCUT2D eigenvalue weighted by Crippen LogP contribution is 2.17. The maximum Gasteiger partial charge on any atom is 0.0914 e. The third-order valence-corrected chi connectivity index (χ3v) is 3.42. The second-order valence-corrected chi connectivity index (χ2v) is 5.04. The van der Waals surface area contributed by atoms with E-state index in [4.69, 9.17) is 11.6 Å². The molecule has 0 fully saturated rings. The molecule has 0 aliphatic heterocycles. The third kappa shape index (κ3) is 4.06. The van der Waals surface area contributed by atoms with Crippen LogP contribution in [0.5, 0.6) is 0 Å². The first kappa shape index (κ1) is 14.1. The molecule has 100 valence electrons. The fraction of sp³-hybridized carbons (Fsp3) is 0.250. The SMILES string of the molecule is CC(NC[C@H](O)c1ccc(Cl)cc1)c1ccccc1. The molecule has 2 nitrogen and oxygen atoms in total. The van der Waals surface area contributed by atoms with Gasteiger partial charge in [0, 0.05) is 17.6 Å². The first-order chi connectivity index (χ1) is 9.16. The minimum atomic E-state index is -0.525. The van der Waals surface area contributed by atoms with Gasteiger partial charge in [-0.2, -0.15) is 0 Å². The second-order valence-electron chi connectivity index (χ2n) is 4.61. The van der Waals surface area contributed by atoms with Crippen LogP contribution < -0.4 is 5.32 Å². The average Bonchev–Trinajstić information content (AvgIpc) is 2.46. The molecule has 1 unspecified atom stereocenters. The van der Waals surface area contributed by atoms with Gasteiger partial charge >= 0.3 is 0 Å². The van der Waals surface area contributed by atoms with Crippen LogP contribution in [0, 0.1) is 0 Å². The molecular formula is C16H18ClNO. The van der Waals surface area contributed by atoms with Crippen molar-refractivity contribution in [3.8, 4) is 0 Å². The maximum atomic E-state index is 10.1. The molecule has 0 aliphatic rings. The quantitative estimate of drug-likeness (QED) is 0.872. The highest BCUT2D eigenvalue weighted by molar-refractivity contribution is 6.30. The van der Waals surface area contributed by atoms with Crippen molar-refractivity contribution in [3.63, 3.8) is 0 Å². The topological polar surface area (TPSA) is 32.3 Å². The molecule has 0 bridgehead atoms. The summed E-state index contributed by atoms with van der Waals surface area (Å²) in [6.07, 6.45) is -0.525. The number of aliphatic hydroxyl groups excluding tert-OH is 1. The van der Waals surface area contributed by atoms with Crippen molar-refractivity contribution in [3.05, 3.63) is 70.7 Å². The van der Waals surface area contributed by atoms with E-state index in [0.29, 0.717) is 11.6 Å². The lowest BCUT2D eigenvalue weighted by Gasteiger charge is -2.17. The van der Waals surface area contributed by atoms with Crippen LogP contribution >= 0.6 is 11.6 Å². The zero-order valence-electron chi connectivity index (χ0n) is 10.9. The molecule has 2 aromatic carbocycles. The Morgan fingerprint density at radius 3 is 2.26 bits per heavy atom.